The number of aldehydes is 1. The number of ether oxygens (including phenoxy) is 1. The second-order valence-corrected chi connectivity index (χ2v) is 3.92. The molecule has 0 bridgehead atoms. The highest BCUT2D eigenvalue weighted by atomic mass is 16.5. The third-order valence-electron chi connectivity index (χ3n) is 2.66. The fourth-order valence-electron chi connectivity index (χ4n) is 1.74. The highest BCUT2D eigenvalue weighted by Crippen LogP contribution is 2.21. The van der Waals surface area contributed by atoms with Crippen molar-refractivity contribution in [2.24, 2.45) is 5.92 Å². The fraction of sp³-hybridized carbons (Fsp3) is 0.727. The summed E-state index contributed by atoms with van der Waals surface area (Å²) in [6.45, 7) is 1.22. The van der Waals surface area contributed by atoms with Crippen LogP contribution in [0.15, 0.2) is 0 Å². The van der Waals surface area contributed by atoms with E-state index in [2.05, 4.69) is 0 Å². The maximum atomic E-state index is 11.4. The van der Waals surface area contributed by atoms with E-state index < -0.39 is 17.7 Å². The van der Waals surface area contributed by atoms with Gasteiger partial charge in [-0.25, -0.2) is 0 Å². The van der Waals surface area contributed by atoms with E-state index in [1.54, 1.807) is 0 Å². The molecule has 15 heavy (non-hydrogen) atoms. The molecule has 1 aliphatic carbocycles. The Kier molecular flexibility index (Phi) is 4.46. The molecular weight excluding hydrogens is 196 g/mol. The van der Waals surface area contributed by atoms with Gasteiger partial charge in [0.05, 0.1) is 0 Å². The number of ketones is 1. The molecule has 4 nitrogen and oxygen atoms in total. The zero-order valence-electron chi connectivity index (χ0n) is 8.90. The summed E-state index contributed by atoms with van der Waals surface area (Å²) >= 11 is 0. The van der Waals surface area contributed by atoms with Crippen molar-refractivity contribution in [3.63, 3.8) is 0 Å². The van der Waals surface area contributed by atoms with Crippen LogP contribution in [-0.4, -0.2) is 24.1 Å². The van der Waals surface area contributed by atoms with Crippen LogP contribution in [0.5, 0.6) is 0 Å². The van der Waals surface area contributed by atoms with E-state index in [0.29, 0.717) is 6.29 Å². The summed E-state index contributed by atoms with van der Waals surface area (Å²) in [5.74, 6) is -2.37. The van der Waals surface area contributed by atoms with Crippen molar-refractivity contribution in [1.29, 1.82) is 0 Å². The van der Waals surface area contributed by atoms with Gasteiger partial charge < -0.3 is 9.53 Å². The van der Waals surface area contributed by atoms with Crippen molar-refractivity contribution in [3.05, 3.63) is 0 Å². The van der Waals surface area contributed by atoms with Crippen molar-refractivity contribution in [2.75, 3.05) is 0 Å². The summed E-state index contributed by atoms with van der Waals surface area (Å²) in [6, 6.07) is 0. The van der Waals surface area contributed by atoms with Crippen LogP contribution in [0.25, 0.3) is 0 Å². The summed E-state index contributed by atoms with van der Waals surface area (Å²) < 4.78 is 5.11. The average molecular weight is 212 g/mol. The second-order valence-electron chi connectivity index (χ2n) is 3.92. The lowest BCUT2D eigenvalue weighted by Crippen LogP contribution is -2.30. The van der Waals surface area contributed by atoms with Crippen molar-refractivity contribution in [2.45, 2.75) is 45.1 Å². The molecule has 0 saturated heterocycles. The summed E-state index contributed by atoms with van der Waals surface area (Å²) in [7, 11) is 0. The first-order chi connectivity index (χ1) is 7.15. The number of rotatable bonds is 4. The van der Waals surface area contributed by atoms with Crippen LogP contribution in [-0.2, 0) is 19.1 Å². The third kappa shape index (κ3) is 3.46. The lowest BCUT2D eigenvalue weighted by molar-refractivity contribution is -0.158. The van der Waals surface area contributed by atoms with Gasteiger partial charge in [0.15, 0.2) is 11.7 Å². The standard InChI is InChI=1S/C11H16O4/c1-8(13)10(7-12)11(14)15-9-5-3-2-4-6-9/h7,9-10H,2-6H2,1H3. The summed E-state index contributed by atoms with van der Waals surface area (Å²) in [5.41, 5.74) is 0. The van der Waals surface area contributed by atoms with Crippen LogP contribution in [0.2, 0.25) is 0 Å². The average Bonchev–Trinajstić information content (AvgIpc) is 2.19. The number of esters is 1. The first-order valence-electron chi connectivity index (χ1n) is 5.31. The molecule has 0 amide bonds. The van der Waals surface area contributed by atoms with Crippen LogP contribution in [0.1, 0.15) is 39.0 Å². The minimum Gasteiger partial charge on any atom is -0.462 e. The Morgan fingerprint density at radius 3 is 2.33 bits per heavy atom. The molecule has 1 fully saturated rings. The maximum absolute atomic E-state index is 11.4. The fourth-order valence-corrected chi connectivity index (χ4v) is 1.74. The first kappa shape index (κ1) is 11.9. The molecular formula is C11H16O4. The Labute approximate surface area is 89.0 Å². The van der Waals surface area contributed by atoms with Crippen molar-refractivity contribution >= 4 is 18.0 Å². The van der Waals surface area contributed by atoms with E-state index in [4.69, 9.17) is 4.74 Å². The Balaban J connectivity index is 2.45. The molecule has 1 aliphatic rings. The first-order valence-corrected chi connectivity index (χ1v) is 5.31. The minimum atomic E-state index is -1.23. The molecule has 0 radical (unpaired) electrons. The van der Waals surface area contributed by atoms with E-state index in [0.717, 1.165) is 32.1 Å². The number of hydrogen-bond acceptors (Lipinski definition) is 4. The zero-order valence-corrected chi connectivity index (χ0v) is 8.90. The van der Waals surface area contributed by atoms with Crippen LogP contribution in [0, 0.1) is 5.92 Å². The van der Waals surface area contributed by atoms with Gasteiger partial charge in [-0.3, -0.25) is 9.59 Å². The largest absolute Gasteiger partial charge is 0.462 e. The Hall–Kier alpha value is -1.19. The quantitative estimate of drug-likeness (QED) is 0.400. The van der Waals surface area contributed by atoms with Gasteiger partial charge in [-0.05, 0) is 32.6 Å². The molecule has 1 saturated carbocycles. The molecule has 1 unspecified atom stereocenters. The topological polar surface area (TPSA) is 60.4 Å². The lowest BCUT2D eigenvalue weighted by atomic mass is 9.97. The normalized spacial score (nSPS) is 19.3. The predicted molar refractivity (Wildman–Crippen MR) is 53.2 cm³/mol. The molecule has 0 spiro atoms. The summed E-state index contributed by atoms with van der Waals surface area (Å²) in [6.07, 6.45) is 5.19. The molecule has 4 heteroatoms. The molecule has 0 N–H and O–H groups in total. The van der Waals surface area contributed by atoms with Crippen molar-refractivity contribution in [1.82, 2.24) is 0 Å². The number of carbonyl (C=O) groups excluding carboxylic acids is 3. The van der Waals surface area contributed by atoms with E-state index in [9.17, 15) is 14.4 Å². The number of carbonyl (C=O) groups is 3. The zero-order chi connectivity index (χ0) is 11.3. The second kappa shape index (κ2) is 5.63. The minimum absolute atomic E-state index is 0.104. The van der Waals surface area contributed by atoms with Gasteiger partial charge in [0.25, 0.3) is 0 Å². The summed E-state index contributed by atoms with van der Waals surface area (Å²) in [4.78, 5) is 32.8. The van der Waals surface area contributed by atoms with E-state index in [-0.39, 0.29) is 6.10 Å². The molecule has 0 aliphatic heterocycles. The third-order valence-corrected chi connectivity index (χ3v) is 2.66. The van der Waals surface area contributed by atoms with Gasteiger partial charge >= 0.3 is 5.97 Å². The molecule has 0 heterocycles. The molecule has 1 atom stereocenters. The van der Waals surface area contributed by atoms with Crippen LogP contribution >= 0.6 is 0 Å². The lowest BCUT2D eigenvalue weighted by Gasteiger charge is -2.22. The van der Waals surface area contributed by atoms with E-state index >= 15 is 0 Å². The monoisotopic (exact) mass is 212 g/mol. The highest BCUT2D eigenvalue weighted by molar-refractivity contribution is 6.09. The van der Waals surface area contributed by atoms with Gasteiger partial charge in [0, 0.05) is 0 Å². The van der Waals surface area contributed by atoms with Crippen LogP contribution < -0.4 is 0 Å². The summed E-state index contributed by atoms with van der Waals surface area (Å²) in [5, 5.41) is 0. The Morgan fingerprint density at radius 1 is 1.27 bits per heavy atom. The molecule has 0 aromatic rings. The maximum Gasteiger partial charge on any atom is 0.324 e. The molecule has 1 rings (SSSR count). The van der Waals surface area contributed by atoms with E-state index in [1.165, 1.54) is 6.92 Å². The Morgan fingerprint density at radius 2 is 1.87 bits per heavy atom. The van der Waals surface area contributed by atoms with Gasteiger partial charge in [-0.1, -0.05) is 6.42 Å². The van der Waals surface area contributed by atoms with Gasteiger partial charge in [-0.2, -0.15) is 0 Å². The van der Waals surface area contributed by atoms with E-state index in [1.807, 2.05) is 0 Å². The molecule has 0 aromatic heterocycles. The van der Waals surface area contributed by atoms with Gasteiger partial charge in [0.1, 0.15) is 12.4 Å². The predicted octanol–water partition coefficient (Wildman–Crippen LogP) is 1.27. The van der Waals surface area contributed by atoms with Gasteiger partial charge in [0.2, 0.25) is 0 Å². The van der Waals surface area contributed by atoms with Gasteiger partial charge in [-0.15, -0.1) is 0 Å². The SMILES string of the molecule is CC(=O)C(C=O)C(=O)OC1CCCCC1. The van der Waals surface area contributed by atoms with Crippen LogP contribution in [0.4, 0.5) is 0 Å². The highest BCUT2D eigenvalue weighted by Gasteiger charge is 2.27. The van der Waals surface area contributed by atoms with Crippen molar-refractivity contribution in [3.8, 4) is 0 Å². The number of Topliss-reactive ketones (excluding diaryl/α,β-unsaturated/α-hetero) is 1. The Bertz CT molecular complexity index is 253. The smallest absolute Gasteiger partial charge is 0.324 e. The number of hydrogen-bond donors (Lipinski definition) is 0. The molecule has 84 valence electrons. The molecule has 0 aromatic carbocycles. The van der Waals surface area contributed by atoms with Crippen LogP contribution in [0.3, 0.4) is 0 Å². The van der Waals surface area contributed by atoms with Crippen molar-refractivity contribution < 1.29 is 19.1 Å².